The van der Waals surface area contributed by atoms with Crippen LogP contribution in [0, 0.1) is 8.99 Å². The quantitative estimate of drug-likeness (QED) is 0.163. The lowest BCUT2D eigenvalue weighted by molar-refractivity contribution is -0.144. The summed E-state index contributed by atoms with van der Waals surface area (Å²) in [6.07, 6.45) is 1.85. The van der Waals surface area contributed by atoms with Crippen LogP contribution < -0.4 is 0 Å². The molecule has 26 heavy (non-hydrogen) atoms. The number of ether oxygens (including phenoxy) is 2. The number of carbonyl (C=O) groups is 2. The number of methoxy groups -OCH3 is 2. The Morgan fingerprint density at radius 2 is 1.46 bits per heavy atom. The second-order valence-electron chi connectivity index (χ2n) is 6.95. The van der Waals surface area contributed by atoms with Crippen LogP contribution in [0.2, 0.25) is 0 Å². The zero-order chi connectivity index (χ0) is 20.1. The Labute approximate surface area is 169 Å². The van der Waals surface area contributed by atoms with Crippen LogP contribution in [0.5, 0.6) is 0 Å². The van der Waals surface area contributed by atoms with Crippen LogP contribution in [-0.4, -0.2) is 45.2 Å². The van der Waals surface area contributed by atoms with Gasteiger partial charge in [0.2, 0.25) is 0 Å². The molecule has 1 rings (SSSR count). The van der Waals surface area contributed by atoms with Gasteiger partial charge in [-0.25, -0.2) is 9.59 Å². The Kier molecular flexibility index (Phi) is 7.87. The molecule has 0 aliphatic carbocycles. The standard InChI is InChI=1S/C20H26INO4/c1-20(2,3)15(13-8-10-14(21)11-9-13)12-16(22(4)5)17(18(23)25-6)19(24)26-7/h8-12H,1-7H3/b15-12-. The number of rotatable bonds is 5. The molecule has 1 aromatic carbocycles. The fourth-order valence-corrected chi connectivity index (χ4v) is 2.78. The molecule has 6 heteroatoms. The molecule has 0 radical (unpaired) electrons. The zero-order valence-electron chi connectivity index (χ0n) is 16.3. The molecule has 0 saturated carbocycles. The maximum Gasteiger partial charge on any atom is 0.347 e. The molecular formula is C20H26INO4. The predicted molar refractivity (Wildman–Crippen MR) is 111 cm³/mol. The van der Waals surface area contributed by atoms with Crippen molar-refractivity contribution < 1.29 is 19.1 Å². The van der Waals surface area contributed by atoms with Gasteiger partial charge >= 0.3 is 11.9 Å². The second-order valence-corrected chi connectivity index (χ2v) is 8.20. The molecule has 0 atom stereocenters. The third-order valence-electron chi connectivity index (χ3n) is 3.76. The fraction of sp³-hybridized carbons (Fsp3) is 0.400. The minimum atomic E-state index is -0.729. The molecular weight excluding hydrogens is 445 g/mol. The summed E-state index contributed by atoms with van der Waals surface area (Å²) in [6.45, 7) is 6.25. The minimum absolute atomic E-state index is 0.132. The van der Waals surface area contributed by atoms with Crippen molar-refractivity contribution in [2.24, 2.45) is 5.41 Å². The van der Waals surface area contributed by atoms with Crippen molar-refractivity contribution in [2.45, 2.75) is 20.8 Å². The van der Waals surface area contributed by atoms with E-state index >= 15 is 0 Å². The first kappa shape index (κ1) is 22.2. The number of benzene rings is 1. The second kappa shape index (κ2) is 9.21. The number of carbonyl (C=O) groups excluding carboxylic acids is 2. The van der Waals surface area contributed by atoms with Crippen molar-refractivity contribution in [1.82, 2.24) is 4.90 Å². The smallest absolute Gasteiger partial charge is 0.347 e. The van der Waals surface area contributed by atoms with Crippen LogP contribution in [0.25, 0.3) is 5.57 Å². The van der Waals surface area contributed by atoms with E-state index in [0.717, 1.165) is 14.7 Å². The van der Waals surface area contributed by atoms with Crippen LogP contribution in [0.1, 0.15) is 26.3 Å². The van der Waals surface area contributed by atoms with Crippen molar-refractivity contribution in [1.29, 1.82) is 0 Å². The zero-order valence-corrected chi connectivity index (χ0v) is 18.5. The lowest BCUT2D eigenvalue weighted by atomic mass is 9.81. The van der Waals surface area contributed by atoms with Crippen molar-refractivity contribution in [2.75, 3.05) is 28.3 Å². The van der Waals surface area contributed by atoms with E-state index in [1.54, 1.807) is 19.0 Å². The Bertz CT molecular complexity index is 707. The normalized spacial score (nSPS) is 11.6. The van der Waals surface area contributed by atoms with E-state index in [1.807, 2.05) is 30.3 Å². The summed E-state index contributed by atoms with van der Waals surface area (Å²) in [7, 11) is 6.02. The first-order valence-electron chi connectivity index (χ1n) is 8.09. The van der Waals surface area contributed by atoms with Gasteiger partial charge in [-0.2, -0.15) is 0 Å². The highest BCUT2D eigenvalue weighted by molar-refractivity contribution is 14.1. The first-order valence-corrected chi connectivity index (χ1v) is 9.17. The van der Waals surface area contributed by atoms with Crippen molar-refractivity contribution in [3.8, 4) is 0 Å². The fourth-order valence-electron chi connectivity index (χ4n) is 2.42. The summed E-state index contributed by atoms with van der Waals surface area (Å²) in [4.78, 5) is 26.2. The maximum atomic E-state index is 12.2. The lowest BCUT2D eigenvalue weighted by Gasteiger charge is -2.26. The molecule has 0 heterocycles. The summed E-state index contributed by atoms with van der Waals surface area (Å²) in [6, 6.07) is 8.11. The molecule has 0 unspecified atom stereocenters. The summed E-state index contributed by atoms with van der Waals surface area (Å²) in [5.41, 5.74) is 2.10. The largest absolute Gasteiger partial charge is 0.465 e. The number of esters is 2. The Morgan fingerprint density at radius 1 is 1.00 bits per heavy atom. The summed E-state index contributed by atoms with van der Waals surface area (Å²) < 4.78 is 10.7. The van der Waals surface area contributed by atoms with Gasteiger partial charge in [0.05, 0.1) is 19.9 Å². The van der Waals surface area contributed by atoms with Crippen molar-refractivity contribution in [3.63, 3.8) is 0 Å². The van der Waals surface area contributed by atoms with E-state index in [4.69, 9.17) is 9.47 Å². The highest BCUT2D eigenvalue weighted by Crippen LogP contribution is 2.36. The lowest BCUT2D eigenvalue weighted by Crippen LogP contribution is -2.24. The van der Waals surface area contributed by atoms with Crippen LogP contribution in [0.3, 0.4) is 0 Å². The van der Waals surface area contributed by atoms with E-state index in [1.165, 1.54) is 14.2 Å². The van der Waals surface area contributed by atoms with Gasteiger partial charge in [0.1, 0.15) is 0 Å². The molecule has 0 spiro atoms. The van der Waals surface area contributed by atoms with E-state index in [2.05, 4.69) is 43.4 Å². The van der Waals surface area contributed by atoms with E-state index in [-0.39, 0.29) is 11.0 Å². The number of halogens is 1. The molecule has 0 amide bonds. The van der Waals surface area contributed by atoms with Crippen molar-refractivity contribution in [3.05, 3.63) is 50.7 Å². The Hall–Kier alpha value is -1.83. The van der Waals surface area contributed by atoms with Gasteiger partial charge in [0, 0.05) is 17.7 Å². The van der Waals surface area contributed by atoms with Crippen LogP contribution in [-0.2, 0) is 19.1 Å². The number of nitrogens with zero attached hydrogens (tertiary/aromatic N) is 1. The van der Waals surface area contributed by atoms with Gasteiger partial charge in [-0.05, 0) is 57.4 Å². The monoisotopic (exact) mass is 471 g/mol. The summed E-state index contributed by atoms with van der Waals surface area (Å²) >= 11 is 2.26. The first-order chi connectivity index (χ1) is 12.0. The van der Waals surface area contributed by atoms with Crippen LogP contribution >= 0.6 is 22.6 Å². The minimum Gasteiger partial charge on any atom is -0.465 e. The molecule has 0 bridgehead atoms. The Balaban J connectivity index is 3.76. The van der Waals surface area contributed by atoms with Crippen LogP contribution in [0.15, 0.2) is 41.6 Å². The topological polar surface area (TPSA) is 55.8 Å². The van der Waals surface area contributed by atoms with E-state index in [9.17, 15) is 9.59 Å². The third kappa shape index (κ3) is 5.59. The molecule has 0 saturated heterocycles. The maximum absolute atomic E-state index is 12.2. The molecule has 142 valence electrons. The Morgan fingerprint density at radius 3 is 1.81 bits per heavy atom. The molecule has 1 aromatic rings. The average molecular weight is 471 g/mol. The predicted octanol–water partition coefficient (Wildman–Crippen LogP) is 3.88. The average Bonchev–Trinajstić information content (AvgIpc) is 2.57. The molecule has 0 aliphatic heterocycles. The number of allylic oxidation sites excluding steroid dienone is 2. The van der Waals surface area contributed by atoms with Gasteiger partial charge in [-0.15, -0.1) is 0 Å². The molecule has 0 aliphatic rings. The molecule has 0 aromatic heterocycles. The van der Waals surface area contributed by atoms with Crippen LogP contribution in [0.4, 0.5) is 0 Å². The number of likely N-dealkylation sites (N-methyl/N-ethyl adjacent to an activating group) is 1. The van der Waals surface area contributed by atoms with E-state index < -0.39 is 11.9 Å². The molecule has 0 fully saturated rings. The van der Waals surface area contributed by atoms with Crippen molar-refractivity contribution >= 4 is 40.1 Å². The third-order valence-corrected chi connectivity index (χ3v) is 4.48. The molecule has 0 N–H and O–H groups in total. The highest BCUT2D eigenvalue weighted by Gasteiger charge is 2.27. The SMILES string of the molecule is COC(=O)C(C(=O)OC)=C(/C=C(/c1ccc(I)cc1)C(C)(C)C)N(C)C. The van der Waals surface area contributed by atoms with Gasteiger partial charge < -0.3 is 14.4 Å². The van der Waals surface area contributed by atoms with Gasteiger partial charge in [0.25, 0.3) is 0 Å². The molecule has 5 nitrogen and oxygen atoms in total. The highest BCUT2D eigenvalue weighted by atomic mass is 127. The van der Waals surface area contributed by atoms with E-state index in [0.29, 0.717) is 5.70 Å². The van der Waals surface area contributed by atoms with Gasteiger partial charge in [-0.3, -0.25) is 0 Å². The summed E-state index contributed by atoms with van der Waals surface area (Å²) in [5, 5.41) is 0. The van der Waals surface area contributed by atoms with Gasteiger partial charge in [-0.1, -0.05) is 32.9 Å². The summed E-state index contributed by atoms with van der Waals surface area (Å²) in [5.74, 6) is -1.46. The number of hydrogen-bond donors (Lipinski definition) is 0. The number of hydrogen-bond acceptors (Lipinski definition) is 5. The van der Waals surface area contributed by atoms with Gasteiger partial charge in [0.15, 0.2) is 5.57 Å².